The van der Waals surface area contributed by atoms with Crippen LogP contribution in [0.4, 0.5) is 9.18 Å². The fourth-order valence-electron chi connectivity index (χ4n) is 1.36. The first-order valence-electron chi connectivity index (χ1n) is 4.96. The number of hydrazine groups is 1. The second kappa shape index (κ2) is 4.94. The number of carbonyl (C=O) groups is 1. The third-order valence-electron chi connectivity index (χ3n) is 2.45. The molecule has 1 aromatic rings. The molecule has 4 nitrogen and oxygen atoms in total. The van der Waals surface area contributed by atoms with Crippen molar-refractivity contribution in [1.82, 2.24) is 10.7 Å². The van der Waals surface area contributed by atoms with Gasteiger partial charge in [0.05, 0.1) is 0 Å². The Balaban J connectivity index is 2.69. The number of hydrogen-bond donors (Lipinski definition) is 3. The zero-order chi connectivity index (χ0) is 12.2. The zero-order valence-electron chi connectivity index (χ0n) is 9.38. The van der Waals surface area contributed by atoms with Crippen molar-refractivity contribution in [3.63, 3.8) is 0 Å². The van der Waals surface area contributed by atoms with E-state index in [9.17, 15) is 9.18 Å². The van der Waals surface area contributed by atoms with Crippen molar-refractivity contribution < 1.29 is 9.18 Å². The van der Waals surface area contributed by atoms with Crippen LogP contribution in [0.25, 0.3) is 0 Å². The highest BCUT2D eigenvalue weighted by atomic mass is 19.1. The molecule has 0 aliphatic heterocycles. The molecular weight excluding hydrogens is 209 g/mol. The van der Waals surface area contributed by atoms with E-state index in [1.165, 1.54) is 12.1 Å². The molecule has 0 atom stereocenters. The summed E-state index contributed by atoms with van der Waals surface area (Å²) in [7, 11) is 0. The summed E-state index contributed by atoms with van der Waals surface area (Å²) in [6, 6.07) is 5.78. The highest BCUT2D eigenvalue weighted by Gasteiger charge is 2.21. The Labute approximate surface area is 94.0 Å². The van der Waals surface area contributed by atoms with Gasteiger partial charge in [-0.2, -0.15) is 0 Å². The predicted octanol–water partition coefficient (Wildman–Crippen LogP) is 1.28. The van der Waals surface area contributed by atoms with E-state index in [-0.39, 0.29) is 11.2 Å². The highest BCUT2D eigenvalue weighted by Crippen LogP contribution is 2.22. The number of urea groups is 1. The van der Waals surface area contributed by atoms with E-state index in [0.29, 0.717) is 6.54 Å². The Kier molecular flexibility index (Phi) is 3.84. The lowest BCUT2D eigenvalue weighted by Crippen LogP contribution is -2.44. The number of halogens is 1. The van der Waals surface area contributed by atoms with Crippen LogP contribution in [0.2, 0.25) is 0 Å². The summed E-state index contributed by atoms with van der Waals surface area (Å²) < 4.78 is 12.7. The van der Waals surface area contributed by atoms with Crippen molar-refractivity contribution in [2.24, 2.45) is 5.84 Å². The van der Waals surface area contributed by atoms with Gasteiger partial charge in [-0.05, 0) is 17.7 Å². The first-order valence-corrected chi connectivity index (χ1v) is 4.96. The molecule has 0 saturated carbocycles. The highest BCUT2D eigenvalue weighted by molar-refractivity contribution is 5.73. The number of nitrogens with one attached hydrogen (secondary N) is 2. The molecule has 88 valence electrons. The fourth-order valence-corrected chi connectivity index (χ4v) is 1.36. The van der Waals surface area contributed by atoms with Crippen molar-refractivity contribution in [2.75, 3.05) is 6.54 Å². The van der Waals surface area contributed by atoms with Gasteiger partial charge in [0, 0.05) is 12.0 Å². The Hall–Kier alpha value is -1.62. The van der Waals surface area contributed by atoms with Gasteiger partial charge in [0.25, 0.3) is 0 Å². The van der Waals surface area contributed by atoms with E-state index in [4.69, 9.17) is 5.84 Å². The number of nitrogens with two attached hydrogens (primary N) is 1. The summed E-state index contributed by atoms with van der Waals surface area (Å²) in [6.07, 6.45) is 0. The lowest BCUT2D eigenvalue weighted by atomic mass is 9.84. The molecule has 0 spiro atoms. The van der Waals surface area contributed by atoms with Gasteiger partial charge in [0.2, 0.25) is 0 Å². The zero-order valence-corrected chi connectivity index (χ0v) is 9.38. The summed E-state index contributed by atoms with van der Waals surface area (Å²) in [5.41, 5.74) is 2.66. The van der Waals surface area contributed by atoms with Gasteiger partial charge in [-0.3, -0.25) is 5.43 Å². The summed E-state index contributed by atoms with van der Waals surface area (Å²) in [5, 5.41) is 2.62. The van der Waals surface area contributed by atoms with Crippen molar-refractivity contribution in [3.05, 3.63) is 35.6 Å². The van der Waals surface area contributed by atoms with Crippen molar-refractivity contribution in [3.8, 4) is 0 Å². The lowest BCUT2D eigenvalue weighted by Gasteiger charge is -2.25. The first kappa shape index (κ1) is 12.4. The summed E-state index contributed by atoms with van der Waals surface area (Å²) in [4.78, 5) is 10.9. The Morgan fingerprint density at radius 3 is 2.44 bits per heavy atom. The molecule has 0 unspecified atom stereocenters. The number of hydrogen-bond acceptors (Lipinski definition) is 2. The predicted molar refractivity (Wildman–Crippen MR) is 60.1 cm³/mol. The minimum Gasteiger partial charge on any atom is -0.336 e. The number of carbonyl (C=O) groups excluding carboxylic acids is 1. The summed E-state index contributed by atoms with van der Waals surface area (Å²) in [6.45, 7) is 4.33. The molecular formula is C11H16FN3O. The van der Waals surface area contributed by atoms with Gasteiger partial charge in [-0.25, -0.2) is 15.0 Å². The third-order valence-corrected chi connectivity index (χ3v) is 2.45. The van der Waals surface area contributed by atoms with E-state index in [0.717, 1.165) is 5.56 Å². The van der Waals surface area contributed by atoms with Crippen LogP contribution in [-0.2, 0) is 5.41 Å². The van der Waals surface area contributed by atoms with Crippen LogP contribution in [0.15, 0.2) is 24.3 Å². The molecule has 0 aliphatic carbocycles. The van der Waals surface area contributed by atoms with Crippen LogP contribution in [0.5, 0.6) is 0 Å². The van der Waals surface area contributed by atoms with Crippen LogP contribution in [0.1, 0.15) is 19.4 Å². The fraction of sp³-hybridized carbons (Fsp3) is 0.364. The van der Waals surface area contributed by atoms with E-state index < -0.39 is 6.03 Å². The van der Waals surface area contributed by atoms with Crippen molar-refractivity contribution in [1.29, 1.82) is 0 Å². The molecule has 0 aromatic heterocycles. The minimum absolute atomic E-state index is 0.271. The lowest BCUT2D eigenvalue weighted by molar-refractivity contribution is 0.238. The smallest absolute Gasteiger partial charge is 0.328 e. The molecule has 0 saturated heterocycles. The molecule has 4 N–H and O–H groups in total. The molecule has 2 amide bonds. The van der Waals surface area contributed by atoms with Gasteiger partial charge in [0.1, 0.15) is 5.82 Å². The maximum absolute atomic E-state index is 12.7. The van der Waals surface area contributed by atoms with E-state index in [1.807, 2.05) is 19.3 Å². The average Bonchev–Trinajstić information content (AvgIpc) is 2.26. The standard InChI is InChI=1S/C11H16FN3O/c1-11(2,7-14-10(16)15-13)8-3-5-9(12)6-4-8/h3-6H,7,13H2,1-2H3,(H2,14,15,16). The molecule has 0 radical (unpaired) electrons. The van der Waals surface area contributed by atoms with Crippen LogP contribution < -0.4 is 16.6 Å². The van der Waals surface area contributed by atoms with Gasteiger partial charge < -0.3 is 5.32 Å². The second-order valence-electron chi connectivity index (χ2n) is 4.22. The third kappa shape index (κ3) is 3.20. The average molecular weight is 225 g/mol. The van der Waals surface area contributed by atoms with E-state index >= 15 is 0 Å². The van der Waals surface area contributed by atoms with Gasteiger partial charge in [-0.15, -0.1) is 0 Å². The number of benzene rings is 1. The molecule has 0 heterocycles. The molecule has 1 aromatic carbocycles. The van der Waals surface area contributed by atoms with Gasteiger partial charge in [-0.1, -0.05) is 26.0 Å². The Morgan fingerprint density at radius 1 is 1.38 bits per heavy atom. The molecule has 16 heavy (non-hydrogen) atoms. The summed E-state index contributed by atoms with van der Waals surface area (Å²) in [5.74, 6) is 4.68. The van der Waals surface area contributed by atoms with Crippen molar-refractivity contribution >= 4 is 6.03 Å². The largest absolute Gasteiger partial charge is 0.336 e. The van der Waals surface area contributed by atoms with Gasteiger partial charge in [0.15, 0.2) is 0 Å². The SMILES string of the molecule is CC(C)(CNC(=O)NN)c1ccc(F)cc1. The Morgan fingerprint density at radius 2 is 1.94 bits per heavy atom. The first-order chi connectivity index (χ1) is 7.45. The quantitative estimate of drug-likeness (QED) is 0.412. The normalized spacial score (nSPS) is 11.0. The molecule has 0 aliphatic rings. The van der Waals surface area contributed by atoms with Crippen LogP contribution >= 0.6 is 0 Å². The van der Waals surface area contributed by atoms with Gasteiger partial charge >= 0.3 is 6.03 Å². The molecule has 5 heteroatoms. The van der Waals surface area contributed by atoms with E-state index in [2.05, 4.69) is 5.32 Å². The molecule has 0 fully saturated rings. The van der Waals surface area contributed by atoms with Crippen LogP contribution in [0, 0.1) is 5.82 Å². The minimum atomic E-state index is -0.435. The monoisotopic (exact) mass is 225 g/mol. The molecule has 1 rings (SSSR count). The topological polar surface area (TPSA) is 67.2 Å². The van der Waals surface area contributed by atoms with E-state index in [1.54, 1.807) is 12.1 Å². The van der Waals surface area contributed by atoms with Crippen molar-refractivity contribution in [2.45, 2.75) is 19.3 Å². The maximum atomic E-state index is 12.7. The van der Waals surface area contributed by atoms with Crippen LogP contribution in [0.3, 0.4) is 0 Å². The second-order valence-corrected chi connectivity index (χ2v) is 4.22. The molecule has 0 bridgehead atoms. The maximum Gasteiger partial charge on any atom is 0.328 e. The Bertz CT molecular complexity index is 362. The number of rotatable bonds is 3. The van der Waals surface area contributed by atoms with Crippen LogP contribution in [-0.4, -0.2) is 12.6 Å². The number of amides is 2. The summed E-state index contributed by atoms with van der Waals surface area (Å²) >= 11 is 0.